The second kappa shape index (κ2) is 8.26. The molecule has 0 aliphatic carbocycles. The van der Waals surface area contributed by atoms with Crippen molar-refractivity contribution in [2.75, 3.05) is 12.5 Å². The van der Waals surface area contributed by atoms with Crippen molar-refractivity contribution in [1.29, 1.82) is 0 Å². The lowest BCUT2D eigenvalue weighted by Crippen LogP contribution is -2.16. The molecule has 92 valence electrons. The fourth-order valence-corrected chi connectivity index (χ4v) is 3.21. The molecule has 0 aliphatic rings. The monoisotopic (exact) mass is 254 g/mol. The average molecular weight is 254 g/mol. The Labute approximate surface area is 95.4 Å². The van der Waals surface area contributed by atoms with Crippen LogP contribution in [-0.2, 0) is 18.7 Å². The highest BCUT2D eigenvalue weighted by Gasteiger charge is 2.10. The lowest BCUT2D eigenvalue weighted by atomic mass is 10.3. The Balaban J connectivity index is 3.56. The third kappa shape index (κ3) is 10.4. The summed E-state index contributed by atoms with van der Waals surface area (Å²) in [7, 11) is -4.14. The highest BCUT2D eigenvalue weighted by Crippen LogP contribution is 2.01. The maximum atomic E-state index is 11.2. The van der Waals surface area contributed by atoms with Gasteiger partial charge in [-0.05, 0) is 18.4 Å². The summed E-state index contributed by atoms with van der Waals surface area (Å²) in [5, 5.41) is 0. The maximum Gasteiger partial charge on any atom is 0.290 e. The SMILES string of the molecule is CCCCOS(=O)(=O)CO[SiH2]CC(C)C. The zero-order chi connectivity index (χ0) is 11.7. The molecule has 15 heavy (non-hydrogen) atoms. The van der Waals surface area contributed by atoms with Gasteiger partial charge in [-0.25, -0.2) is 0 Å². The first-order valence-electron chi connectivity index (χ1n) is 5.42. The average Bonchev–Trinajstić information content (AvgIpc) is 2.13. The molecule has 0 aromatic carbocycles. The van der Waals surface area contributed by atoms with Crippen LogP contribution >= 0.6 is 0 Å². The van der Waals surface area contributed by atoms with E-state index in [2.05, 4.69) is 13.8 Å². The second-order valence-electron chi connectivity index (χ2n) is 3.94. The van der Waals surface area contributed by atoms with E-state index in [-0.39, 0.29) is 12.5 Å². The van der Waals surface area contributed by atoms with Crippen molar-refractivity contribution in [3.05, 3.63) is 0 Å². The van der Waals surface area contributed by atoms with Crippen LogP contribution in [-0.4, -0.2) is 30.7 Å². The molecule has 0 radical (unpaired) electrons. The predicted molar refractivity (Wildman–Crippen MR) is 63.9 cm³/mol. The van der Waals surface area contributed by atoms with E-state index in [1.165, 1.54) is 0 Å². The van der Waals surface area contributed by atoms with E-state index in [1.54, 1.807) is 0 Å². The van der Waals surface area contributed by atoms with Crippen molar-refractivity contribution in [3.8, 4) is 0 Å². The van der Waals surface area contributed by atoms with Crippen molar-refractivity contribution < 1.29 is 17.0 Å². The number of hydrogen-bond donors (Lipinski definition) is 0. The molecule has 0 bridgehead atoms. The lowest BCUT2D eigenvalue weighted by Gasteiger charge is -2.07. The van der Waals surface area contributed by atoms with Gasteiger partial charge in [-0.2, -0.15) is 8.42 Å². The molecule has 0 aromatic heterocycles. The van der Waals surface area contributed by atoms with Crippen molar-refractivity contribution in [1.82, 2.24) is 0 Å². The van der Waals surface area contributed by atoms with Crippen LogP contribution in [0.4, 0.5) is 0 Å². The van der Waals surface area contributed by atoms with Gasteiger partial charge in [0.2, 0.25) is 0 Å². The van der Waals surface area contributed by atoms with Gasteiger partial charge in [0.1, 0.15) is 0 Å². The summed E-state index contributed by atoms with van der Waals surface area (Å²) in [5.41, 5.74) is 0. The van der Waals surface area contributed by atoms with E-state index < -0.39 is 19.9 Å². The number of unbranched alkanes of at least 4 members (excludes halogenated alkanes) is 1. The zero-order valence-corrected chi connectivity index (χ0v) is 12.1. The van der Waals surface area contributed by atoms with Gasteiger partial charge in [0.15, 0.2) is 15.7 Å². The summed E-state index contributed by atoms with van der Waals surface area (Å²) in [6, 6.07) is 1.00. The molecule has 0 unspecified atom stereocenters. The Kier molecular flexibility index (Phi) is 8.31. The van der Waals surface area contributed by atoms with Crippen LogP contribution in [0.15, 0.2) is 0 Å². The summed E-state index contributed by atoms with van der Waals surface area (Å²) in [5.74, 6) is 0.315. The van der Waals surface area contributed by atoms with Crippen LogP contribution in [0, 0.1) is 5.92 Å². The highest BCUT2D eigenvalue weighted by atomic mass is 32.2. The molecule has 0 spiro atoms. The van der Waals surface area contributed by atoms with Gasteiger partial charge < -0.3 is 4.43 Å². The van der Waals surface area contributed by atoms with Gasteiger partial charge in [-0.15, -0.1) is 0 Å². The summed E-state index contributed by atoms with van der Waals surface area (Å²) < 4.78 is 32.4. The third-order valence-corrected chi connectivity index (χ3v) is 4.99. The van der Waals surface area contributed by atoms with Crippen LogP contribution in [0.1, 0.15) is 33.6 Å². The van der Waals surface area contributed by atoms with Gasteiger partial charge in [-0.1, -0.05) is 27.2 Å². The first-order valence-corrected chi connectivity index (χ1v) is 8.58. The fraction of sp³-hybridized carbons (Fsp3) is 1.00. The van der Waals surface area contributed by atoms with E-state index in [9.17, 15) is 8.42 Å². The molecule has 0 N–H and O–H groups in total. The normalized spacial score (nSPS) is 13.1. The van der Waals surface area contributed by atoms with Crippen molar-refractivity contribution in [2.24, 2.45) is 5.92 Å². The highest BCUT2D eigenvalue weighted by molar-refractivity contribution is 7.86. The summed E-state index contributed by atoms with van der Waals surface area (Å²) >= 11 is 0. The van der Waals surface area contributed by atoms with Crippen LogP contribution < -0.4 is 0 Å². The van der Waals surface area contributed by atoms with Crippen molar-refractivity contribution >= 4 is 19.9 Å². The minimum Gasteiger partial charge on any atom is -0.409 e. The molecule has 0 aliphatic heterocycles. The smallest absolute Gasteiger partial charge is 0.290 e. The largest absolute Gasteiger partial charge is 0.409 e. The summed E-state index contributed by atoms with van der Waals surface area (Å²) in [6.07, 6.45) is 1.70. The third-order valence-electron chi connectivity index (χ3n) is 1.83. The topological polar surface area (TPSA) is 52.6 Å². The molecule has 0 saturated heterocycles. The maximum absolute atomic E-state index is 11.2. The lowest BCUT2D eigenvalue weighted by molar-refractivity contribution is 0.285. The van der Waals surface area contributed by atoms with Crippen LogP contribution in [0.2, 0.25) is 6.04 Å². The predicted octanol–water partition coefficient (Wildman–Crippen LogP) is 1.27. The Hall–Kier alpha value is 0.0869. The molecular weight excluding hydrogens is 232 g/mol. The molecule has 0 rings (SSSR count). The first kappa shape index (κ1) is 15.1. The molecule has 0 fully saturated rings. The Morgan fingerprint density at radius 3 is 2.53 bits per heavy atom. The van der Waals surface area contributed by atoms with E-state index in [0.29, 0.717) is 5.92 Å². The fourth-order valence-electron chi connectivity index (χ4n) is 0.844. The molecule has 0 saturated carbocycles. The van der Waals surface area contributed by atoms with Crippen LogP contribution in [0.3, 0.4) is 0 Å². The number of rotatable bonds is 9. The van der Waals surface area contributed by atoms with Gasteiger partial charge in [0.05, 0.1) is 6.61 Å². The van der Waals surface area contributed by atoms with E-state index >= 15 is 0 Å². The quantitative estimate of drug-likeness (QED) is 0.353. The first-order chi connectivity index (χ1) is 6.98. The van der Waals surface area contributed by atoms with Crippen LogP contribution in [0.5, 0.6) is 0 Å². The standard InChI is InChI=1S/C9H22O4SSi/c1-4-5-6-12-14(10,11)8-13-15-7-9(2)3/h9H,4-8,15H2,1-3H3. The van der Waals surface area contributed by atoms with Gasteiger partial charge in [-0.3, -0.25) is 4.18 Å². The molecule has 6 heteroatoms. The number of hydrogen-bond acceptors (Lipinski definition) is 4. The molecular formula is C9H22O4SSi. The Morgan fingerprint density at radius 2 is 2.00 bits per heavy atom. The van der Waals surface area contributed by atoms with Crippen molar-refractivity contribution in [3.63, 3.8) is 0 Å². The van der Waals surface area contributed by atoms with Gasteiger partial charge in [0, 0.05) is 0 Å². The molecule has 0 atom stereocenters. The minimum absolute atomic E-state index is 0.268. The molecule has 4 nitrogen and oxygen atoms in total. The molecule has 0 heterocycles. The van der Waals surface area contributed by atoms with Gasteiger partial charge >= 0.3 is 0 Å². The summed E-state index contributed by atoms with van der Waals surface area (Å²) in [6.45, 7) is 6.46. The Bertz CT molecular complexity index is 238. The molecule has 0 aromatic rings. The van der Waals surface area contributed by atoms with Gasteiger partial charge in [0.25, 0.3) is 10.1 Å². The Morgan fingerprint density at radius 1 is 1.33 bits per heavy atom. The zero-order valence-electron chi connectivity index (χ0n) is 9.86. The van der Waals surface area contributed by atoms with E-state index in [4.69, 9.17) is 8.61 Å². The van der Waals surface area contributed by atoms with Crippen molar-refractivity contribution in [2.45, 2.75) is 39.7 Å². The van der Waals surface area contributed by atoms with E-state index in [0.717, 1.165) is 18.9 Å². The minimum atomic E-state index is -3.44. The van der Waals surface area contributed by atoms with E-state index in [1.807, 2.05) is 6.92 Å². The second-order valence-corrected chi connectivity index (χ2v) is 6.92. The van der Waals surface area contributed by atoms with Crippen LogP contribution in [0.25, 0.3) is 0 Å². The summed E-state index contributed by atoms with van der Waals surface area (Å²) in [4.78, 5) is 0. The molecule has 0 amide bonds.